The number of amides is 1. The number of carbonyl (C=O) groups excluding carboxylic acids is 1. The minimum Gasteiger partial charge on any atom is -0.438 e. The molecule has 0 saturated heterocycles. The van der Waals surface area contributed by atoms with Gasteiger partial charge < -0.3 is 15.1 Å². The molecule has 0 radical (unpaired) electrons. The maximum Gasteiger partial charge on any atom is 0.251 e. The SMILES string of the molecule is CNC(=O)c1ccc(Cl)c(NCc2ncc(-c3cccs3)o2)c1. The number of hydrogen-bond acceptors (Lipinski definition) is 5. The van der Waals surface area contributed by atoms with Crippen molar-refractivity contribution in [3.63, 3.8) is 0 Å². The highest BCUT2D eigenvalue weighted by molar-refractivity contribution is 7.13. The summed E-state index contributed by atoms with van der Waals surface area (Å²) in [6.45, 7) is 0.377. The van der Waals surface area contributed by atoms with E-state index < -0.39 is 0 Å². The first kappa shape index (κ1) is 15.6. The average molecular weight is 348 g/mol. The van der Waals surface area contributed by atoms with Gasteiger partial charge in [-0.15, -0.1) is 11.3 Å². The van der Waals surface area contributed by atoms with Crippen molar-refractivity contribution in [2.75, 3.05) is 12.4 Å². The van der Waals surface area contributed by atoms with Crippen LogP contribution in [0.15, 0.2) is 46.3 Å². The number of benzene rings is 1. The van der Waals surface area contributed by atoms with Gasteiger partial charge in [-0.05, 0) is 29.6 Å². The number of carbonyl (C=O) groups is 1. The van der Waals surface area contributed by atoms with E-state index in [1.165, 1.54) is 0 Å². The van der Waals surface area contributed by atoms with E-state index in [9.17, 15) is 4.79 Å². The lowest BCUT2D eigenvalue weighted by Crippen LogP contribution is -2.17. The zero-order valence-corrected chi connectivity index (χ0v) is 13.9. The molecule has 3 rings (SSSR count). The molecule has 0 spiro atoms. The van der Waals surface area contributed by atoms with E-state index in [4.69, 9.17) is 16.0 Å². The van der Waals surface area contributed by atoms with Crippen LogP contribution in [0.25, 0.3) is 10.6 Å². The molecule has 0 aliphatic heterocycles. The predicted molar refractivity (Wildman–Crippen MR) is 92.0 cm³/mol. The van der Waals surface area contributed by atoms with Gasteiger partial charge in [0.25, 0.3) is 5.91 Å². The monoisotopic (exact) mass is 347 g/mol. The molecule has 23 heavy (non-hydrogen) atoms. The third-order valence-electron chi connectivity index (χ3n) is 3.20. The number of hydrogen-bond donors (Lipinski definition) is 2. The molecule has 0 aliphatic carbocycles. The fraction of sp³-hybridized carbons (Fsp3) is 0.125. The molecule has 3 aromatic rings. The van der Waals surface area contributed by atoms with Crippen LogP contribution in [0.4, 0.5) is 5.69 Å². The molecule has 1 aromatic carbocycles. The van der Waals surface area contributed by atoms with E-state index >= 15 is 0 Å². The Bertz CT molecular complexity index is 815. The summed E-state index contributed by atoms with van der Waals surface area (Å²) in [6, 6.07) is 8.99. The molecule has 0 bridgehead atoms. The number of anilines is 1. The van der Waals surface area contributed by atoms with E-state index in [-0.39, 0.29) is 5.91 Å². The predicted octanol–water partition coefficient (Wildman–Crippen LogP) is 4.03. The Kier molecular flexibility index (Phi) is 4.64. The molecule has 2 N–H and O–H groups in total. The molecule has 1 amide bonds. The van der Waals surface area contributed by atoms with Crippen molar-refractivity contribution in [2.45, 2.75) is 6.54 Å². The Balaban J connectivity index is 1.72. The van der Waals surface area contributed by atoms with Crippen molar-refractivity contribution in [3.8, 4) is 10.6 Å². The van der Waals surface area contributed by atoms with Crippen LogP contribution in [0.2, 0.25) is 5.02 Å². The lowest BCUT2D eigenvalue weighted by Gasteiger charge is -2.08. The van der Waals surface area contributed by atoms with Crippen LogP contribution in [-0.4, -0.2) is 17.9 Å². The van der Waals surface area contributed by atoms with Gasteiger partial charge in [-0.25, -0.2) is 4.98 Å². The summed E-state index contributed by atoms with van der Waals surface area (Å²) in [5.74, 6) is 1.12. The molecular formula is C16H14ClN3O2S. The van der Waals surface area contributed by atoms with Gasteiger partial charge in [-0.1, -0.05) is 17.7 Å². The molecule has 7 heteroatoms. The molecular weight excluding hydrogens is 334 g/mol. The minimum absolute atomic E-state index is 0.166. The first-order valence-corrected chi connectivity index (χ1v) is 8.17. The third kappa shape index (κ3) is 3.55. The Morgan fingerprint density at radius 3 is 3.00 bits per heavy atom. The highest BCUT2D eigenvalue weighted by Gasteiger charge is 2.10. The van der Waals surface area contributed by atoms with E-state index in [0.717, 1.165) is 10.6 Å². The Hall–Kier alpha value is -2.31. The second-order valence-corrected chi connectivity index (χ2v) is 6.08. The molecule has 118 valence electrons. The van der Waals surface area contributed by atoms with Crippen molar-refractivity contribution < 1.29 is 9.21 Å². The maximum atomic E-state index is 11.7. The van der Waals surface area contributed by atoms with E-state index in [1.54, 1.807) is 42.8 Å². The van der Waals surface area contributed by atoms with Gasteiger partial charge in [-0.3, -0.25) is 4.79 Å². The fourth-order valence-corrected chi connectivity index (χ4v) is 2.90. The number of rotatable bonds is 5. The average Bonchev–Trinajstić information content (AvgIpc) is 3.24. The zero-order chi connectivity index (χ0) is 16.2. The zero-order valence-electron chi connectivity index (χ0n) is 12.3. The normalized spacial score (nSPS) is 10.5. The van der Waals surface area contributed by atoms with Gasteiger partial charge in [0.05, 0.1) is 28.3 Å². The van der Waals surface area contributed by atoms with Crippen LogP contribution < -0.4 is 10.6 Å². The molecule has 5 nitrogen and oxygen atoms in total. The molecule has 0 atom stereocenters. The Morgan fingerprint density at radius 1 is 1.39 bits per heavy atom. The summed E-state index contributed by atoms with van der Waals surface area (Å²) in [6.07, 6.45) is 1.70. The first-order valence-electron chi connectivity index (χ1n) is 6.91. The summed E-state index contributed by atoms with van der Waals surface area (Å²) in [4.78, 5) is 17.0. The van der Waals surface area contributed by atoms with Gasteiger partial charge in [0.1, 0.15) is 0 Å². The van der Waals surface area contributed by atoms with Crippen molar-refractivity contribution in [2.24, 2.45) is 0 Å². The van der Waals surface area contributed by atoms with Crippen LogP contribution in [-0.2, 0) is 6.54 Å². The molecule has 0 saturated carbocycles. The summed E-state index contributed by atoms with van der Waals surface area (Å²) in [7, 11) is 1.59. The van der Waals surface area contributed by atoms with Crippen LogP contribution >= 0.6 is 22.9 Å². The molecule has 0 fully saturated rings. The summed E-state index contributed by atoms with van der Waals surface area (Å²) in [5.41, 5.74) is 1.19. The molecule has 0 unspecified atom stereocenters. The number of oxazole rings is 1. The van der Waals surface area contributed by atoms with Crippen molar-refractivity contribution >= 4 is 34.5 Å². The van der Waals surface area contributed by atoms with Gasteiger partial charge in [0.2, 0.25) is 5.89 Å². The number of nitrogens with one attached hydrogen (secondary N) is 2. The molecule has 2 heterocycles. The lowest BCUT2D eigenvalue weighted by atomic mass is 10.2. The molecule has 0 aliphatic rings. The Labute approximate surface area is 142 Å². The van der Waals surface area contributed by atoms with Gasteiger partial charge in [-0.2, -0.15) is 0 Å². The summed E-state index contributed by atoms with van der Waals surface area (Å²) >= 11 is 7.75. The second-order valence-electron chi connectivity index (χ2n) is 4.72. The minimum atomic E-state index is -0.166. The number of aromatic nitrogens is 1. The Morgan fingerprint density at radius 2 is 2.26 bits per heavy atom. The van der Waals surface area contributed by atoms with Crippen LogP contribution in [0.3, 0.4) is 0 Å². The molecule has 2 aromatic heterocycles. The van der Waals surface area contributed by atoms with E-state index in [1.807, 2.05) is 17.5 Å². The second kappa shape index (κ2) is 6.85. The number of halogens is 1. The summed E-state index contributed by atoms with van der Waals surface area (Å²) in [5, 5.41) is 8.24. The topological polar surface area (TPSA) is 67.2 Å². The highest BCUT2D eigenvalue weighted by atomic mass is 35.5. The number of thiophene rings is 1. The van der Waals surface area contributed by atoms with Gasteiger partial charge in [0, 0.05) is 12.6 Å². The number of nitrogens with zero attached hydrogens (tertiary/aromatic N) is 1. The van der Waals surface area contributed by atoms with Crippen molar-refractivity contribution in [3.05, 3.63) is 58.4 Å². The summed E-state index contributed by atoms with van der Waals surface area (Å²) < 4.78 is 5.70. The largest absolute Gasteiger partial charge is 0.438 e. The van der Waals surface area contributed by atoms with Crippen LogP contribution in [0.1, 0.15) is 16.2 Å². The van der Waals surface area contributed by atoms with Crippen molar-refractivity contribution in [1.82, 2.24) is 10.3 Å². The third-order valence-corrected chi connectivity index (χ3v) is 4.42. The van der Waals surface area contributed by atoms with E-state index in [2.05, 4.69) is 15.6 Å². The van der Waals surface area contributed by atoms with E-state index in [0.29, 0.717) is 28.7 Å². The van der Waals surface area contributed by atoms with Crippen molar-refractivity contribution in [1.29, 1.82) is 0 Å². The lowest BCUT2D eigenvalue weighted by molar-refractivity contribution is 0.0963. The van der Waals surface area contributed by atoms with Crippen LogP contribution in [0.5, 0.6) is 0 Å². The standard InChI is InChI=1S/C16H14ClN3O2S/c1-18-16(21)10-4-5-11(17)12(7-10)19-9-15-20-8-13(22-15)14-3-2-6-23-14/h2-8,19H,9H2,1H3,(H,18,21). The van der Waals surface area contributed by atoms with Crippen LogP contribution in [0, 0.1) is 0 Å². The maximum absolute atomic E-state index is 11.7. The fourth-order valence-electron chi connectivity index (χ4n) is 2.04. The van der Waals surface area contributed by atoms with Gasteiger partial charge >= 0.3 is 0 Å². The van der Waals surface area contributed by atoms with Gasteiger partial charge in [0.15, 0.2) is 5.76 Å². The first-order chi connectivity index (χ1) is 11.2. The quantitative estimate of drug-likeness (QED) is 0.731. The smallest absolute Gasteiger partial charge is 0.251 e. The highest BCUT2D eigenvalue weighted by Crippen LogP contribution is 2.27.